The van der Waals surface area contributed by atoms with Crippen molar-refractivity contribution in [2.24, 2.45) is 0 Å². The summed E-state index contributed by atoms with van der Waals surface area (Å²) in [7, 11) is 0. The molecule has 3 aromatic heterocycles. The lowest BCUT2D eigenvalue weighted by Crippen LogP contribution is -2.23. The lowest BCUT2D eigenvalue weighted by Gasteiger charge is -2.18. The third-order valence-corrected chi connectivity index (χ3v) is 3.48. The average molecular weight is 311 g/mol. The van der Waals surface area contributed by atoms with Crippen molar-refractivity contribution >= 4 is 11.0 Å². The molecule has 3 heterocycles. The molecule has 23 heavy (non-hydrogen) atoms. The Labute approximate surface area is 132 Å². The molecular formula is C16H17N5O2. The first-order valence-electron chi connectivity index (χ1n) is 7.16. The zero-order valence-electron chi connectivity index (χ0n) is 13.0. The van der Waals surface area contributed by atoms with Crippen molar-refractivity contribution in [3.05, 3.63) is 59.4 Å². The molecule has 0 saturated carbocycles. The molecule has 0 aliphatic heterocycles. The summed E-state index contributed by atoms with van der Waals surface area (Å²) >= 11 is 0. The van der Waals surface area contributed by atoms with E-state index < -0.39 is 5.60 Å². The predicted molar refractivity (Wildman–Crippen MR) is 86.4 cm³/mol. The van der Waals surface area contributed by atoms with Crippen LogP contribution in [0.1, 0.15) is 19.5 Å². The number of aromatic nitrogens is 5. The van der Waals surface area contributed by atoms with Crippen molar-refractivity contribution in [2.45, 2.75) is 26.0 Å². The molecule has 0 saturated heterocycles. The lowest BCUT2D eigenvalue weighted by atomic mass is 10.1. The highest BCUT2D eigenvalue weighted by molar-refractivity contribution is 5.74. The Morgan fingerprint density at radius 3 is 2.87 bits per heavy atom. The van der Waals surface area contributed by atoms with Gasteiger partial charge in [0.25, 0.3) is 5.56 Å². The van der Waals surface area contributed by atoms with Crippen molar-refractivity contribution in [3.8, 4) is 5.82 Å². The number of pyridine rings is 1. The Morgan fingerprint density at radius 2 is 2.17 bits per heavy atom. The Bertz CT molecular complexity index is 934. The van der Waals surface area contributed by atoms with Crippen molar-refractivity contribution in [1.82, 2.24) is 24.3 Å². The van der Waals surface area contributed by atoms with Crippen LogP contribution in [0.5, 0.6) is 0 Å². The minimum absolute atomic E-state index is 0.212. The molecule has 0 aliphatic rings. The van der Waals surface area contributed by atoms with Crippen molar-refractivity contribution in [1.29, 1.82) is 0 Å². The van der Waals surface area contributed by atoms with E-state index in [0.29, 0.717) is 29.1 Å². The molecule has 7 heteroatoms. The maximum absolute atomic E-state index is 12.5. The second-order valence-corrected chi connectivity index (χ2v) is 5.69. The quantitative estimate of drug-likeness (QED) is 0.736. The molecule has 3 rings (SSSR count). The van der Waals surface area contributed by atoms with Gasteiger partial charge in [0.15, 0.2) is 11.5 Å². The first-order valence-corrected chi connectivity index (χ1v) is 7.16. The number of hydrogen-bond acceptors (Lipinski definition) is 5. The van der Waals surface area contributed by atoms with Crippen LogP contribution in [0.25, 0.3) is 16.9 Å². The van der Waals surface area contributed by atoms with Crippen LogP contribution in [-0.2, 0) is 12.1 Å². The van der Waals surface area contributed by atoms with Gasteiger partial charge in [-0.15, -0.1) is 6.58 Å². The summed E-state index contributed by atoms with van der Waals surface area (Å²) in [4.78, 5) is 25.1. The zero-order valence-corrected chi connectivity index (χ0v) is 13.0. The molecule has 0 bridgehead atoms. The largest absolute Gasteiger partial charge is 0.384 e. The molecule has 0 atom stereocenters. The van der Waals surface area contributed by atoms with Crippen LogP contribution in [0.3, 0.4) is 0 Å². The van der Waals surface area contributed by atoms with E-state index in [0.717, 1.165) is 0 Å². The van der Waals surface area contributed by atoms with E-state index in [9.17, 15) is 9.90 Å². The Kier molecular flexibility index (Phi) is 3.57. The van der Waals surface area contributed by atoms with Crippen LogP contribution < -0.4 is 5.56 Å². The highest BCUT2D eigenvalue weighted by Crippen LogP contribution is 2.20. The Balaban J connectivity index is 2.34. The minimum atomic E-state index is -1.09. The number of nitrogens with zero attached hydrogens (tertiary/aromatic N) is 5. The molecule has 1 N–H and O–H groups in total. The number of fused-ring (bicyclic) bond motifs is 1. The summed E-state index contributed by atoms with van der Waals surface area (Å²) in [6.45, 7) is 7.32. The van der Waals surface area contributed by atoms with E-state index in [2.05, 4.69) is 21.5 Å². The molecule has 0 aromatic carbocycles. The normalized spacial score (nSPS) is 11.8. The van der Waals surface area contributed by atoms with E-state index >= 15 is 0 Å². The van der Waals surface area contributed by atoms with Crippen LogP contribution in [-0.4, -0.2) is 29.4 Å². The molecule has 0 spiro atoms. The van der Waals surface area contributed by atoms with Crippen LogP contribution in [0, 0.1) is 0 Å². The number of allylic oxidation sites excluding steroid dienone is 1. The molecule has 0 fully saturated rings. The van der Waals surface area contributed by atoms with Gasteiger partial charge in [-0.2, -0.15) is 0 Å². The van der Waals surface area contributed by atoms with Gasteiger partial charge in [0.05, 0.1) is 12.2 Å². The fraction of sp³-hybridized carbons (Fsp3) is 0.250. The summed E-state index contributed by atoms with van der Waals surface area (Å²) in [5.41, 5.74) is -0.330. The van der Waals surface area contributed by atoms with Crippen molar-refractivity contribution < 1.29 is 5.11 Å². The zero-order chi connectivity index (χ0) is 16.6. The van der Waals surface area contributed by atoms with Gasteiger partial charge in [-0.1, -0.05) is 12.1 Å². The molecule has 7 nitrogen and oxygen atoms in total. The van der Waals surface area contributed by atoms with Gasteiger partial charge in [-0.3, -0.25) is 4.79 Å². The van der Waals surface area contributed by atoms with Crippen molar-refractivity contribution in [2.75, 3.05) is 0 Å². The van der Waals surface area contributed by atoms with Gasteiger partial charge in [-0.25, -0.2) is 24.3 Å². The van der Waals surface area contributed by atoms with Crippen LogP contribution in [0.2, 0.25) is 0 Å². The number of rotatable bonds is 4. The van der Waals surface area contributed by atoms with E-state index in [4.69, 9.17) is 0 Å². The minimum Gasteiger partial charge on any atom is -0.384 e. The van der Waals surface area contributed by atoms with Gasteiger partial charge in [0.2, 0.25) is 0 Å². The molecule has 0 aliphatic carbocycles. The maximum atomic E-state index is 12.5. The van der Waals surface area contributed by atoms with E-state index in [1.807, 2.05) is 0 Å². The molecule has 0 amide bonds. The number of hydrogen-bond donors (Lipinski definition) is 1. The average Bonchev–Trinajstić information content (AvgIpc) is 2.80. The lowest BCUT2D eigenvalue weighted by molar-refractivity contribution is 0.0738. The van der Waals surface area contributed by atoms with Gasteiger partial charge >= 0.3 is 0 Å². The Morgan fingerprint density at radius 1 is 1.39 bits per heavy atom. The highest BCUT2D eigenvalue weighted by atomic mass is 16.3. The molecule has 0 unspecified atom stereocenters. The monoisotopic (exact) mass is 311 g/mol. The topological polar surface area (TPSA) is 85.8 Å². The van der Waals surface area contributed by atoms with E-state index in [1.54, 1.807) is 42.8 Å². The van der Waals surface area contributed by atoms with Gasteiger partial charge < -0.3 is 5.11 Å². The third kappa shape index (κ3) is 2.55. The van der Waals surface area contributed by atoms with Crippen LogP contribution in [0.4, 0.5) is 0 Å². The van der Waals surface area contributed by atoms with Crippen molar-refractivity contribution in [3.63, 3.8) is 0 Å². The summed E-state index contributed by atoms with van der Waals surface area (Å²) in [6.07, 6.45) is 4.50. The standard InChI is InChI=1S/C16H17N5O2/c1-4-8-20-15(22)11-9-17-10-18-14(11)21(20)13-7-5-6-12(19-13)16(2,3)23/h4-7,9-10,23H,1,8H2,2-3H3. The fourth-order valence-corrected chi connectivity index (χ4v) is 2.39. The smallest absolute Gasteiger partial charge is 0.278 e. The second kappa shape index (κ2) is 5.44. The van der Waals surface area contributed by atoms with E-state index in [-0.39, 0.29) is 5.56 Å². The summed E-state index contributed by atoms with van der Waals surface area (Å²) in [6, 6.07) is 5.28. The van der Waals surface area contributed by atoms with Gasteiger partial charge in [0.1, 0.15) is 17.3 Å². The first-order chi connectivity index (χ1) is 10.9. The molecular weight excluding hydrogens is 294 g/mol. The molecule has 3 aromatic rings. The third-order valence-electron chi connectivity index (χ3n) is 3.48. The predicted octanol–water partition coefficient (Wildman–Crippen LogP) is 1.39. The second-order valence-electron chi connectivity index (χ2n) is 5.69. The maximum Gasteiger partial charge on any atom is 0.278 e. The van der Waals surface area contributed by atoms with Gasteiger partial charge in [0, 0.05) is 6.20 Å². The summed E-state index contributed by atoms with van der Waals surface area (Å²) in [5, 5.41) is 10.6. The highest BCUT2D eigenvalue weighted by Gasteiger charge is 2.20. The SMILES string of the molecule is C=CCn1c(=O)c2cncnc2n1-c1cccc(C(C)(C)O)n1. The van der Waals surface area contributed by atoms with E-state index in [1.165, 1.54) is 17.2 Å². The summed E-state index contributed by atoms with van der Waals surface area (Å²) < 4.78 is 3.11. The van der Waals surface area contributed by atoms with Crippen LogP contribution >= 0.6 is 0 Å². The Hall–Kier alpha value is -2.80. The fourth-order valence-electron chi connectivity index (χ4n) is 2.39. The van der Waals surface area contributed by atoms with Crippen LogP contribution in [0.15, 0.2) is 48.2 Å². The first kappa shape index (κ1) is 15.1. The van der Waals surface area contributed by atoms with Gasteiger partial charge in [-0.05, 0) is 26.0 Å². The number of aliphatic hydroxyl groups is 1. The molecule has 0 radical (unpaired) electrons. The molecule has 118 valence electrons. The summed E-state index contributed by atoms with van der Waals surface area (Å²) in [5.74, 6) is 0.497.